The fourth-order valence-electron chi connectivity index (χ4n) is 5.92. The minimum absolute atomic E-state index is 0.0778. The number of amides is 2. The van der Waals surface area contributed by atoms with E-state index in [1.807, 2.05) is 59.5 Å². The molecule has 5 rings (SSSR count). The summed E-state index contributed by atoms with van der Waals surface area (Å²) in [5.41, 5.74) is 10.4. The van der Waals surface area contributed by atoms with E-state index in [2.05, 4.69) is 65.3 Å². The van der Waals surface area contributed by atoms with E-state index in [4.69, 9.17) is 10.5 Å². The van der Waals surface area contributed by atoms with Crippen molar-refractivity contribution in [3.05, 3.63) is 95.6 Å². The van der Waals surface area contributed by atoms with Crippen LogP contribution in [0.4, 0.5) is 10.5 Å². The zero-order chi connectivity index (χ0) is 28.1. The van der Waals surface area contributed by atoms with E-state index in [1.54, 1.807) is 7.11 Å². The Morgan fingerprint density at radius 2 is 1.65 bits per heavy atom. The van der Waals surface area contributed by atoms with Gasteiger partial charge in [-0.05, 0) is 74.6 Å². The summed E-state index contributed by atoms with van der Waals surface area (Å²) in [5, 5.41) is 3.09. The number of benzene rings is 3. The second kappa shape index (κ2) is 12.6. The molecule has 2 amide bonds. The van der Waals surface area contributed by atoms with Gasteiger partial charge in [0.1, 0.15) is 5.75 Å². The van der Waals surface area contributed by atoms with Gasteiger partial charge in [0.25, 0.3) is 0 Å². The lowest BCUT2D eigenvalue weighted by atomic mass is 9.73. The van der Waals surface area contributed by atoms with Crippen molar-refractivity contribution >= 4 is 11.7 Å². The Bertz CT molecular complexity index is 1330. The number of rotatable bonds is 5. The van der Waals surface area contributed by atoms with Crippen LogP contribution in [0.25, 0.3) is 0 Å². The van der Waals surface area contributed by atoms with Gasteiger partial charge in [-0.15, -0.1) is 0 Å². The first-order chi connectivity index (χ1) is 19.5. The van der Waals surface area contributed by atoms with E-state index in [-0.39, 0.29) is 24.0 Å². The molecule has 7 nitrogen and oxygen atoms in total. The predicted molar refractivity (Wildman–Crippen MR) is 161 cm³/mol. The molecule has 2 saturated heterocycles. The van der Waals surface area contributed by atoms with Crippen LogP contribution in [0.15, 0.2) is 78.9 Å². The minimum Gasteiger partial charge on any atom is -0.497 e. The zero-order valence-electron chi connectivity index (χ0n) is 23.6. The SMILES string of the molecule is COc1ccc(NC(=O)N2CCC(N(C)C)CN3[C@H](CN)[C@H](c4ccc(C#Cc5ccccc5)cc4)[C@@H]3C2)cc1. The molecule has 4 atom stereocenters. The smallest absolute Gasteiger partial charge is 0.321 e. The van der Waals surface area contributed by atoms with Crippen LogP contribution in [0, 0.1) is 11.8 Å². The topological polar surface area (TPSA) is 74.1 Å². The van der Waals surface area contributed by atoms with Gasteiger partial charge in [0, 0.05) is 67.0 Å². The van der Waals surface area contributed by atoms with Crippen LogP contribution in [0.3, 0.4) is 0 Å². The number of hydrogen-bond acceptors (Lipinski definition) is 5. The number of likely N-dealkylation sites (N-methyl/N-ethyl adjacent to an activating group) is 1. The first-order valence-electron chi connectivity index (χ1n) is 14.0. The third-order valence-electron chi connectivity index (χ3n) is 8.26. The molecule has 2 heterocycles. The molecule has 0 saturated carbocycles. The maximum atomic E-state index is 13.5. The van der Waals surface area contributed by atoms with Gasteiger partial charge in [-0.3, -0.25) is 4.90 Å². The summed E-state index contributed by atoms with van der Waals surface area (Å²) in [6.07, 6.45) is 0.906. The minimum atomic E-state index is -0.0778. The summed E-state index contributed by atoms with van der Waals surface area (Å²) in [4.78, 5) is 20.2. The fraction of sp³-hybridized carbons (Fsp3) is 0.364. The number of urea groups is 1. The lowest BCUT2D eigenvalue weighted by Crippen LogP contribution is -2.71. The predicted octanol–water partition coefficient (Wildman–Crippen LogP) is 4.06. The van der Waals surface area contributed by atoms with Crippen molar-refractivity contribution in [2.24, 2.45) is 5.73 Å². The molecule has 0 aliphatic carbocycles. The molecular formula is C33H39N5O2. The molecule has 0 spiro atoms. The highest BCUT2D eigenvalue weighted by molar-refractivity contribution is 5.89. The standard InChI is InChI=1S/C33H39N5O2/c1-36(2)28-19-20-37(33(39)35-27-15-17-29(40-3)18-16-27)23-31-32(30(21-34)38(31)22-28)26-13-11-25(12-14-26)10-9-24-7-5-4-6-8-24/h4-8,11-18,28,30-32H,19-23,34H2,1-3H3,(H,35,39)/t28?,30-,31+,32+/m1/s1. The summed E-state index contributed by atoms with van der Waals surface area (Å²) in [7, 11) is 5.87. The third-order valence-corrected chi connectivity index (χ3v) is 8.26. The number of fused-ring (bicyclic) bond motifs is 1. The molecule has 7 heteroatoms. The van der Waals surface area contributed by atoms with E-state index in [9.17, 15) is 4.79 Å². The molecule has 2 aliphatic heterocycles. The maximum absolute atomic E-state index is 13.5. The van der Waals surface area contributed by atoms with Gasteiger partial charge in [-0.2, -0.15) is 0 Å². The summed E-state index contributed by atoms with van der Waals surface area (Å²) in [5.74, 6) is 7.52. The molecule has 0 radical (unpaired) electrons. The first kappa shape index (κ1) is 27.7. The van der Waals surface area contributed by atoms with E-state index in [1.165, 1.54) is 5.56 Å². The van der Waals surface area contributed by atoms with Gasteiger partial charge in [0.2, 0.25) is 0 Å². The summed E-state index contributed by atoms with van der Waals surface area (Å²) in [6, 6.07) is 26.7. The lowest BCUT2D eigenvalue weighted by molar-refractivity contribution is -0.0481. The number of nitrogens with one attached hydrogen (secondary N) is 1. The zero-order valence-corrected chi connectivity index (χ0v) is 23.6. The Kier molecular flexibility index (Phi) is 8.71. The Morgan fingerprint density at radius 3 is 2.27 bits per heavy atom. The van der Waals surface area contributed by atoms with Gasteiger partial charge < -0.3 is 25.6 Å². The molecule has 3 aromatic carbocycles. The van der Waals surface area contributed by atoms with Crippen LogP contribution in [0.2, 0.25) is 0 Å². The first-order valence-corrected chi connectivity index (χ1v) is 14.0. The monoisotopic (exact) mass is 537 g/mol. The molecule has 1 unspecified atom stereocenters. The number of anilines is 1. The Labute approximate surface area is 237 Å². The molecule has 3 N–H and O–H groups in total. The molecule has 2 aliphatic rings. The van der Waals surface area contributed by atoms with Crippen molar-refractivity contribution in [3.8, 4) is 17.6 Å². The van der Waals surface area contributed by atoms with Crippen molar-refractivity contribution in [1.82, 2.24) is 14.7 Å². The summed E-state index contributed by atoms with van der Waals surface area (Å²) >= 11 is 0. The number of carbonyl (C=O) groups excluding carboxylic acids is 1. The Balaban J connectivity index is 1.36. The average molecular weight is 538 g/mol. The quantitative estimate of drug-likeness (QED) is 0.481. The third kappa shape index (κ3) is 6.15. The van der Waals surface area contributed by atoms with Crippen LogP contribution in [0.1, 0.15) is 29.0 Å². The number of nitrogens with zero attached hydrogens (tertiary/aromatic N) is 3. The highest BCUT2D eigenvalue weighted by Crippen LogP contribution is 2.42. The van der Waals surface area contributed by atoms with Gasteiger partial charge >= 0.3 is 6.03 Å². The van der Waals surface area contributed by atoms with Crippen molar-refractivity contribution in [3.63, 3.8) is 0 Å². The van der Waals surface area contributed by atoms with Crippen molar-refractivity contribution in [2.45, 2.75) is 30.5 Å². The van der Waals surface area contributed by atoms with Gasteiger partial charge in [0.15, 0.2) is 0 Å². The number of ether oxygens (including phenoxy) is 1. The van der Waals surface area contributed by atoms with Crippen molar-refractivity contribution in [2.75, 3.05) is 52.7 Å². The number of carbonyl (C=O) groups is 1. The fourth-order valence-corrected chi connectivity index (χ4v) is 5.92. The molecule has 208 valence electrons. The average Bonchev–Trinajstić information content (AvgIpc) is 2.96. The Morgan fingerprint density at radius 1 is 0.975 bits per heavy atom. The van der Waals surface area contributed by atoms with Gasteiger partial charge in [0.05, 0.1) is 7.11 Å². The largest absolute Gasteiger partial charge is 0.497 e. The van der Waals surface area contributed by atoms with E-state index in [0.717, 1.165) is 35.5 Å². The highest BCUT2D eigenvalue weighted by atomic mass is 16.5. The molecule has 3 aromatic rings. The summed E-state index contributed by atoms with van der Waals surface area (Å²) < 4.78 is 5.25. The van der Waals surface area contributed by atoms with Crippen LogP contribution >= 0.6 is 0 Å². The van der Waals surface area contributed by atoms with Crippen LogP contribution in [0.5, 0.6) is 5.75 Å². The number of methoxy groups -OCH3 is 1. The normalized spacial score (nSPS) is 22.7. The van der Waals surface area contributed by atoms with Crippen LogP contribution < -0.4 is 15.8 Å². The second-order valence-electron chi connectivity index (χ2n) is 10.8. The van der Waals surface area contributed by atoms with Crippen LogP contribution in [-0.2, 0) is 0 Å². The molecular weight excluding hydrogens is 498 g/mol. The second-order valence-corrected chi connectivity index (χ2v) is 10.8. The van der Waals surface area contributed by atoms with E-state index < -0.39 is 0 Å². The van der Waals surface area contributed by atoms with E-state index in [0.29, 0.717) is 25.7 Å². The molecule has 2 fully saturated rings. The number of hydrogen-bond donors (Lipinski definition) is 2. The van der Waals surface area contributed by atoms with Crippen LogP contribution in [-0.4, -0.2) is 86.2 Å². The molecule has 0 aromatic heterocycles. The number of nitrogens with two attached hydrogens (primary N) is 1. The molecule has 40 heavy (non-hydrogen) atoms. The maximum Gasteiger partial charge on any atom is 0.321 e. The van der Waals surface area contributed by atoms with E-state index >= 15 is 0 Å². The van der Waals surface area contributed by atoms with Crippen molar-refractivity contribution in [1.29, 1.82) is 0 Å². The van der Waals surface area contributed by atoms with Gasteiger partial charge in [-0.1, -0.05) is 42.2 Å². The molecule has 0 bridgehead atoms. The highest BCUT2D eigenvalue weighted by Gasteiger charge is 2.50. The Hall–Kier alpha value is -3.83. The van der Waals surface area contributed by atoms with Gasteiger partial charge in [-0.25, -0.2) is 4.79 Å². The lowest BCUT2D eigenvalue weighted by Gasteiger charge is -2.58. The van der Waals surface area contributed by atoms with Crippen molar-refractivity contribution < 1.29 is 9.53 Å². The summed E-state index contributed by atoms with van der Waals surface area (Å²) in [6.45, 7) is 2.88.